The summed E-state index contributed by atoms with van der Waals surface area (Å²) in [5, 5.41) is 11.1. The van der Waals surface area contributed by atoms with Crippen LogP contribution in [0.25, 0.3) is 144 Å². The van der Waals surface area contributed by atoms with Gasteiger partial charge >= 0.3 is 0 Å². The Labute approximate surface area is 395 Å². The summed E-state index contributed by atoms with van der Waals surface area (Å²) >= 11 is 0. The molecule has 0 aliphatic rings. The number of benzene rings is 11. The Hall–Kier alpha value is -9.39. The number of furan rings is 1. The number of hydrogen-bond donors (Lipinski definition) is 0. The summed E-state index contributed by atoms with van der Waals surface area (Å²) in [5.41, 5.74) is 11.8. The van der Waals surface area contributed by atoms with Crippen LogP contribution in [0.4, 0.5) is 0 Å². The van der Waals surface area contributed by atoms with Gasteiger partial charge in [0.1, 0.15) is 11.2 Å². The first-order valence-electron chi connectivity index (χ1n) is 23.1. The molecular formula is C63H37N5O. The molecule has 69 heavy (non-hydrogen) atoms. The average Bonchev–Trinajstić information content (AvgIpc) is 3.81. The quantitative estimate of drug-likeness (QED) is 0.155. The van der Waals surface area contributed by atoms with Crippen molar-refractivity contribution in [3.05, 3.63) is 225 Å². The molecule has 6 heteroatoms. The summed E-state index contributed by atoms with van der Waals surface area (Å²) in [6.45, 7) is 0. The second kappa shape index (κ2) is 15.6. The van der Waals surface area contributed by atoms with Crippen LogP contribution in [-0.2, 0) is 0 Å². The molecule has 3 heterocycles. The zero-order chi connectivity index (χ0) is 45.4. The van der Waals surface area contributed by atoms with Crippen molar-refractivity contribution >= 4 is 76.1 Å². The zero-order valence-electron chi connectivity index (χ0n) is 37.0. The van der Waals surface area contributed by atoms with Gasteiger partial charge in [-0.2, -0.15) is 0 Å². The number of rotatable bonds is 6. The predicted molar refractivity (Wildman–Crippen MR) is 283 cm³/mol. The molecule has 0 spiro atoms. The molecule has 0 radical (unpaired) electrons. The highest BCUT2D eigenvalue weighted by Gasteiger charge is 2.21. The number of fused-ring (bicyclic) bond motifs is 12. The Morgan fingerprint density at radius 2 is 0.870 bits per heavy atom. The van der Waals surface area contributed by atoms with Crippen molar-refractivity contribution < 1.29 is 4.42 Å². The molecule has 0 atom stereocenters. The number of hydrogen-bond acceptors (Lipinski definition) is 6. The lowest BCUT2D eigenvalue weighted by Crippen LogP contribution is -2.01. The Balaban J connectivity index is 1.04. The second-order valence-corrected chi connectivity index (χ2v) is 17.6. The van der Waals surface area contributed by atoms with Gasteiger partial charge in [0.2, 0.25) is 0 Å². The molecule has 0 unspecified atom stereocenters. The van der Waals surface area contributed by atoms with Gasteiger partial charge in [0.25, 0.3) is 0 Å². The van der Waals surface area contributed by atoms with Gasteiger partial charge in [-0.25, -0.2) is 19.9 Å². The van der Waals surface area contributed by atoms with Crippen LogP contribution in [0.2, 0.25) is 0 Å². The first kappa shape index (κ1) is 38.8. The molecule has 0 N–H and O–H groups in total. The van der Waals surface area contributed by atoms with Crippen LogP contribution in [-0.4, -0.2) is 24.9 Å². The summed E-state index contributed by atoms with van der Waals surface area (Å²) in [6.07, 6.45) is 1.91. The van der Waals surface area contributed by atoms with Gasteiger partial charge in [0.05, 0.1) is 22.9 Å². The monoisotopic (exact) mass is 879 g/mol. The van der Waals surface area contributed by atoms with Crippen molar-refractivity contribution in [2.45, 2.75) is 0 Å². The Morgan fingerprint density at radius 3 is 1.62 bits per heavy atom. The maximum Gasteiger partial charge on any atom is 0.164 e. The van der Waals surface area contributed by atoms with Gasteiger partial charge in [-0.05, 0) is 97.0 Å². The molecule has 14 rings (SSSR count). The fourth-order valence-electron chi connectivity index (χ4n) is 10.3. The molecule has 320 valence electrons. The SMILES string of the molecule is c1ccc(-c2ccc3oc4cccc(-c5nc(-c6ccccc6)nc(-c6cc(-c7cnc8c9ccccc9c9ccccc9c8n7)cc(-c7cc8ccccc8c8ccccc78)c6)n5)c4c3c2)cc1. The summed E-state index contributed by atoms with van der Waals surface area (Å²) < 4.78 is 6.53. The van der Waals surface area contributed by atoms with Crippen molar-refractivity contribution in [3.8, 4) is 67.7 Å². The molecule has 0 aliphatic heterocycles. The van der Waals surface area contributed by atoms with Crippen molar-refractivity contribution in [2.75, 3.05) is 0 Å². The highest BCUT2D eigenvalue weighted by Crippen LogP contribution is 2.42. The van der Waals surface area contributed by atoms with E-state index in [0.717, 1.165) is 115 Å². The van der Waals surface area contributed by atoms with Gasteiger partial charge in [-0.1, -0.05) is 176 Å². The minimum atomic E-state index is 0.534. The first-order valence-corrected chi connectivity index (χ1v) is 23.1. The third kappa shape index (κ3) is 6.45. The van der Waals surface area contributed by atoms with Gasteiger partial charge in [0.15, 0.2) is 17.5 Å². The van der Waals surface area contributed by atoms with E-state index in [4.69, 9.17) is 29.3 Å². The van der Waals surface area contributed by atoms with Crippen molar-refractivity contribution in [2.24, 2.45) is 0 Å². The van der Waals surface area contributed by atoms with Crippen molar-refractivity contribution in [1.29, 1.82) is 0 Å². The topological polar surface area (TPSA) is 77.6 Å². The van der Waals surface area contributed by atoms with Gasteiger partial charge in [-0.15, -0.1) is 0 Å². The lowest BCUT2D eigenvalue weighted by Gasteiger charge is -2.15. The van der Waals surface area contributed by atoms with Gasteiger partial charge < -0.3 is 4.42 Å². The van der Waals surface area contributed by atoms with E-state index in [1.54, 1.807) is 0 Å². The molecule has 11 aromatic carbocycles. The van der Waals surface area contributed by atoms with Crippen LogP contribution in [0.5, 0.6) is 0 Å². The first-order chi connectivity index (χ1) is 34.2. The molecule has 0 saturated heterocycles. The lowest BCUT2D eigenvalue weighted by atomic mass is 9.91. The molecule has 0 bridgehead atoms. The Bertz CT molecular complexity index is 4340. The standard InChI is InChI=1S/C63H37N5O/c1-3-16-38(17-4-1)40-30-31-56-54(35-40)58-52(28-15-29-57(58)69-56)63-67-61(39-18-5-2-6-19-39)66-62(68-63)44-33-42(53-36-41-20-7-8-21-45(41)46-22-9-10-25-49(46)53)32-43(34-44)55-37-64-59-50-26-13-11-23-47(50)48-24-12-14-27-51(48)60(59)65-55/h1-37H. The van der Waals surface area contributed by atoms with E-state index in [1.807, 2.05) is 54.7 Å². The maximum atomic E-state index is 6.53. The zero-order valence-corrected chi connectivity index (χ0v) is 37.0. The van der Waals surface area contributed by atoms with Crippen LogP contribution >= 0.6 is 0 Å². The minimum absolute atomic E-state index is 0.534. The van der Waals surface area contributed by atoms with E-state index in [2.05, 4.69) is 170 Å². The molecule has 0 amide bonds. The highest BCUT2D eigenvalue weighted by atomic mass is 16.3. The largest absolute Gasteiger partial charge is 0.456 e. The van der Waals surface area contributed by atoms with E-state index in [1.165, 1.54) is 10.8 Å². The Morgan fingerprint density at radius 1 is 0.290 bits per heavy atom. The Kier molecular flexibility index (Phi) is 8.79. The fraction of sp³-hybridized carbons (Fsp3) is 0. The normalized spacial score (nSPS) is 11.8. The number of aromatic nitrogens is 5. The minimum Gasteiger partial charge on any atom is -0.456 e. The third-order valence-electron chi connectivity index (χ3n) is 13.5. The van der Waals surface area contributed by atoms with Gasteiger partial charge in [0, 0.05) is 43.8 Å². The molecule has 0 saturated carbocycles. The molecule has 6 nitrogen and oxygen atoms in total. The van der Waals surface area contributed by atoms with Crippen LogP contribution in [0, 0.1) is 0 Å². The molecular weight excluding hydrogens is 843 g/mol. The third-order valence-corrected chi connectivity index (χ3v) is 13.5. The van der Waals surface area contributed by atoms with Crippen molar-refractivity contribution in [1.82, 2.24) is 24.9 Å². The van der Waals surface area contributed by atoms with Crippen molar-refractivity contribution in [3.63, 3.8) is 0 Å². The second-order valence-electron chi connectivity index (χ2n) is 17.6. The molecule has 3 aromatic heterocycles. The highest BCUT2D eigenvalue weighted by molar-refractivity contribution is 6.23. The van der Waals surface area contributed by atoms with Crippen LogP contribution in [0.1, 0.15) is 0 Å². The molecule has 14 aromatic rings. The van der Waals surface area contributed by atoms with Crippen LogP contribution < -0.4 is 0 Å². The van der Waals surface area contributed by atoms with E-state index in [-0.39, 0.29) is 0 Å². The summed E-state index contributed by atoms with van der Waals surface area (Å²) in [4.78, 5) is 26.7. The number of nitrogens with zero attached hydrogens (tertiary/aromatic N) is 5. The maximum absolute atomic E-state index is 6.53. The summed E-state index contributed by atoms with van der Waals surface area (Å²) in [7, 11) is 0. The fourth-order valence-corrected chi connectivity index (χ4v) is 10.3. The van der Waals surface area contributed by atoms with Crippen LogP contribution in [0.3, 0.4) is 0 Å². The van der Waals surface area contributed by atoms with Gasteiger partial charge in [-0.3, -0.25) is 4.98 Å². The smallest absolute Gasteiger partial charge is 0.164 e. The summed E-state index contributed by atoms with van der Waals surface area (Å²) in [6, 6.07) is 76.2. The lowest BCUT2D eigenvalue weighted by molar-refractivity contribution is 0.669. The molecule has 0 aliphatic carbocycles. The van der Waals surface area contributed by atoms with E-state index in [9.17, 15) is 0 Å². The van der Waals surface area contributed by atoms with Crippen LogP contribution in [0.15, 0.2) is 229 Å². The van der Waals surface area contributed by atoms with E-state index in [0.29, 0.717) is 17.5 Å². The summed E-state index contributed by atoms with van der Waals surface area (Å²) in [5.74, 6) is 1.65. The average molecular weight is 880 g/mol. The predicted octanol–water partition coefficient (Wildman–Crippen LogP) is 16.3. The molecule has 0 fully saturated rings. The van der Waals surface area contributed by atoms with E-state index < -0.39 is 0 Å². The van der Waals surface area contributed by atoms with E-state index >= 15 is 0 Å².